The third-order valence-electron chi connectivity index (χ3n) is 4.44. The molecule has 0 aliphatic carbocycles. The van der Waals surface area contributed by atoms with Crippen LogP contribution >= 0.6 is 0 Å². The van der Waals surface area contributed by atoms with E-state index in [9.17, 15) is 9.59 Å². The Morgan fingerprint density at radius 1 is 1.14 bits per heavy atom. The molecule has 1 aliphatic rings. The maximum atomic E-state index is 12.8. The molecule has 1 N–H and O–H groups in total. The highest BCUT2D eigenvalue weighted by atomic mass is 16.5. The molecule has 2 amide bonds. The van der Waals surface area contributed by atoms with Gasteiger partial charge in [0.05, 0.1) is 12.2 Å². The lowest BCUT2D eigenvalue weighted by Gasteiger charge is -2.50. The molecular weight excluding hydrogens is 268 g/mol. The van der Waals surface area contributed by atoms with Gasteiger partial charge in [-0.1, -0.05) is 13.8 Å². The average molecular weight is 298 g/mol. The van der Waals surface area contributed by atoms with Gasteiger partial charge >= 0.3 is 0 Å². The summed E-state index contributed by atoms with van der Waals surface area (Å²) in [4.78, 5) is 27.0. The van der Waals surface area contributed by atoms with E-state index in [0.29, 0.717) is 26.0 Å². The molecule has 122 valence electrons. The van der Waals surface area contributed by atoms with Crippen molar-refractivity contribution in [2.45, 2.75) is 78.0 Å². The fourth-order valence-electron chi connectivity index (χ4n) is 2.47. The van der Waals surface area contributed by atoms with Crippen molar-refractivity contribution in [1.29, 1.82) is 0 Å². The van der Waals surface area contributed by atoms with E-state index in [4.69, 9.17) is 4.74 Å². The Hall–Kier alpha value is -1.10. The molecule has 0 aromatic rings. The Labute approximate surface area is 128 Å². The van der Waals surface area contributed by atoms with Gasteiger partial charge in [-0.3, -0.25) is 9.59 Å². The van der Waals surface area contributed by atoms with Crippen LogP contribution in [0.2, 0.25) is 0 Å². The van der Waals surface area contributed by atoms with Crippen molar-refractivity contribution < 1.29 is 14.3 Å². The molecule has 1 saturated heterocycles. The second-order valence-electron chi connectivity index (χ2n) is 7.18. The fourth-order valence-corrected chi connectivity index (χ4v) is 2.47. The Morgan fingerprint density at radius 3 is 2.14 bits per heavy atom. The van der Waals surface area contributed by atoms with Crippen molar-refractivity contribution in [3.05, 3.63) is 0 Å². The lowest BCUT2D eigenvalue weighted by Crippen LogP contribution is -2.74. The first-order valence-corrected chi connectivity index (χ1v) is 7.79. The molecule has 0 aromatic heterocycles. The smallest absolute Gasteiger partial charge is 0.248 e. The summed E-state index contributed by atoms with van der Waals surface area (Å²) < 4.78 is 5.73. The number of hydrogen-bond acceptors (Lipinski definition) is 3. The van der Waals surface area contributed by atoms with E-state index in [1.165, 1.54) is 0 Å². The van der Waals surface area contributed by atoms with Crippen molar-refractivity contribution in [3.63, 3.8) is 0 Å². The SMILES string of the molecule is CCC1(C)NC(=O)C(C)(CC)N(CCOC(C)(C)C)C1=O. The van der Waals surface area contributed by atoms with E-state index in [1.54, 1.807) is 11.8 Å². The first kappa shape index (κ1) is 18.0. The van der Waals surface area contributed by atoms with E-state index in [1.807, 2.05) is 41.5 Å². The minimum atomic E-state index is -0.812. The Kier molecular flexibility index (Phi) is 5.09. The third kappa shape index (κ3) is 3.57. The van der Waals surface area contributed by atoms with Gasteiger partial charge in [0.15, 0.2) is 0 Å². The van der Waals surface area contributed by atoms with E-state index >= 15 is 0 Å². The summed E-state index contributed by atoms with van der Waals surface area (Å²) in [6.07, 6.45) is 1.16. The van der Waals surface area contributed by atoms with Gasteiger partial charge in [0, 0.05) is 6.54 Å². The molecule has 2 atom stereocenters. The highest BCUT2D eigenvalue weighted by Gasteiger charge is 2.52. The molecule has 0 spiro atoms. The Morgan fingerprint density at radius 2 is 1.71 bits per heavy atom. The highest BCUT2D eigenvalue weighted by Crippen LogP contribution is 2.30. The van der Waals surface area contributed by atoms with Gasteiger partial charge in [-0.05, 0) is 47.5 Å². The van der Waals surface area contributed by atoms with Crippen LogP contribution in [0.15, 0.2) is 0 Å². The van der Waals surface area contributed by atoms with Gasteiger partial charge in [0.1, 0.15) is 11.1 Å². The van der Waals surface area contributed by atoms with Crippen LogP contribution in [0.25, 0.3) is 0 Å². The third-order valence-corrected chi connectivity index (χ3v) is 4.44. The van der Waals surface area contributed by atoms with Crippen LogP contribution in [0.3, 0.4) is 0 Å². The maximum Gasteiger partial charge on any atom is 0.248 e. The average Bonchev–Trinajstić information content (AvgIpc) is 2.39. The summed E-state index contributed by atoms with van der Waals surface area (Å²) in [6, 6.07) is 0. The van der Waals surface area contributed by atoms with Gasteiger partial charge in [0.2, 0.25) is 11.8 Å². The summed E-state index contributed by atoms with van der Waals surface area (Å²) in [5, 5.41) is 2.90. The number of hydrogen-bond donors (Lipinski definition) is 1. The first-order chi connectivity index (χ1) is 9.50. The number of carbonyl (C=O) groups is 2. The summed E-state index contributed by atoms with van der Waals surface area (Å²) in [5.41, 5.74) is -1.86. The number of carbonyl (C=O) groups excluding carboxylic acids is 2. The molecule has 5 nitrogen and oxygen atoms in total. The molecule has 0 bridgehead atoms. The molecule has 0 radical (unpaired) electrons. The second kappa shape index (κ2) is 5.95. The number of ether oxygens (including phenoxy) is 1. The van der Waals surface area contributed by atoms with E-state index in [-0.39, 0.29) is 17.4 Å². The molecule has 1 aliphatic heterocycles. The van der Waals surface area contributed by atoms with Crippen LogP contribution < -0.4 is 5.32 Å². The van der Waals surface area contributed by atoms with Crippen LogP contribution in [-0.4, -0.2) is 46.5 Å². The van der Waals surface area contributed by atoms with Gasteiger partial charge in [-0.15, -0.1) is 0 Å². The predicted molar refractivity (Wildman–Crippen MR) is 83.0 cm³/mol. The molecule has 1 heterocycles. The van der Waals surface area contributed by atoms with Crippen LogP contribution in [0.1, 0.15) is 61.3 Å². The number of rotatable bonds is 5. The number of amides is 2. The minimum absolute atomic E-state index is 0.0218. The molecule has 5 heteroatoms. The molecule has 2 unspecified atom stereocenters. The van der Waals surface area contributed by atoms with E-state index < -0.39 is 11.1 Å². The van der Waals surface area contributed by atoms with Gasteiger partial charge in [-0.2, -0.15) is 0 Å². The van der Waals surface area contributed by atoms with Gasteiger partial charge in [0.25, 0.3) is 0 Å². The summed E-state index contributed by atoms with van der Waals surface area (Å²) in [6.45, 7) is 14.3. The molecular formula is C16H30N2O3. The summed E-state index contributed by atoms with van der Waals surface area (Å²) in [5.74, 6) is -0.101. The molecule has 0 aromatic carbocycles. The number of nitrogens with one attached hydrogen (secondary N) is 1. The molecule has 21 heavy (non-hydrogen) atoms. The van der Waals surface area contributed by atoms with Crippen molar-refractivity contribution in [2.75, 3.05) is 13.2 Å². The van der Waals surface area contributed by atoms with Crippen molar-refractivity contribution in [1.82, 2.24) is 10.2 Å². The van der Waals surface area contributed by atoms with Crippen molar-refractivity contribution in [2.24, 2.45) is 0 Å². The van der Waals surface area contributed by atoms with Gasteiger partial charge < -0.3 is 15.0 Å². The lowest BCUT2D eigenvalue weighted by atomic mass is 9.84. The monoisotopic (exact) mass is 298 g/mol. The van der Waals surface area contributed by atoms with Crippen LogP contribution in [-0.2, 0) is 14.3 Å². The Bertz CT molecular complexity index is 416. The van der Waals surface area contributed by atoms with Crippen molar-refractivity contribution in [3.8, 4) is 0 Å². The zero-order valence-electron chi connectivity index (χ0n) is 14.5. The number of piperazine rings is 1. The van der Waals surface area contributed by atoms with E-state index in [2.05, 4.69) is 5.32 Å². The number of nitrogens with zero attached hydrogens (tertiary/aromatic N) is 1. The zero-order valence-corrected chi connectivity index (χ0v) is 14.5. The molecule has 1 fully saturated rings. The van der Waals surface area contributed by atoms with Gasteiger partial charge in [-0.25, -0.2) is 0 Å². The van der Waals surface area contributed by atoms with Crippen LogP contribution in [0.5, 0.6) is 0 Å². The van der Waals surface area contributed by atoms with Crippen LogP contribution in [0, 0.1) is 0 Å². The van der Waals surface area contributed by atoms with Crippen LogP contribution in [0.4, 0.5) is 0 Å². The second-order valence-corrected chi connectivity index (χ2v) is 7.18. The minimum Gasteiger partial charge on any atom is -0.374 e. The topological polar surface area (TPSA) is 58.6 Å². The summed E-state index contributed by atoms with van der Waals surface area (Å²) >= 11 is 0. The standard InChI is InChI=1S/C16H30N2O3/c1-8-15(6)13(20)18(10-11-21-14(3,4)5)16(7,9-2)12(19)17-15/h8-11H2,1-7H3,(H,17,19). The van der Waals surface area contributed by atoms with Crippen molar-refractivity contribution >= 4 is 11.8 Å². The Balaban J connectivity index is 2.97. The quantitative estimate of drug-likeness (QED) is 0.845. The summed E-state index contributed by atoms with van der Waals surface area (Å²) in [7, 11) is 0. The molecule has 1 rings (SSSR count). The highest BCUT2D eigenvalue weighted by molar-refractivity contribution is 6.01. The predicted octanol–water partition coefficient (Wildman–Crippen LogP) is 2.10. The lowest BCUT2D eigenvalue weighted by molar-refractivity contribution is -0.163. The largest absolute Gasteiger partial charge is 0.374 e. The molecule has 0 saturated carbocycles. The first-order valence-electron chi connectivity index (χ1n) is 7.79. The normalized spacial score (nSPS) is 30.5. The van der Waals surface area contributed by atoms with E-state index in [0.717, 1.165) is 0 Å². The fraction of sp³-hybridized carbons (Fsp3) is 0.875. The maximum absolute atomic E-state index is 12.8. The zero-order chi connectivity index (χ0) is 16.5.